The summed E-state index contributed by atoms with van der Waals surface area (Å²) in [6.45, 7) is 8.96. The fraction of sp³-hybridized carbons (Fsp3) is 0.571. The highest BCUT2D eigenvalue weighted by molar-refractivity contribution is 7.14. The van der Waals surface area contributed by atoms with Crippen molar-refractivity contribution in [3.05, 3.63) is 34.7 Å². The van der Waals surface area contributed by atoms with Crippen molar-refractivity contribution < 1.29 is 14.0 Å². The number of nitrogens with one attached hydrogen (secondary N) is 1. The van der Waals surface area contributed by atoms with Crippen LogP contribution in [-0.4, -0.2) is 34.3 Å². The van der Waals surface area contributed by atoms with Crippen molar-refractivity contribution in [2.24, 2.45) is 0 Å². The Morgan fingerprint density at radius 1 is 1.29 bits per heavy atom. The largest absolute Gasteiger partial charge is 0.469 e. The second kappa shape index (κ2) is 11.0. The Bertz CT molecular complexity index is 769. The first-order valence-corrected chi connectivity index (χ1v) is 10.9. The number of thiazole rings is 1. The van der Waals surface area contributed by atoms with E-state index in [2.05, 4.69) is 31.1 Å². The number of carbonyl (C=O) groups excluding carboxylic acids is 2. The summed E-state index contributed by atoms with van der Waals surface area (Å²) in [6, 6.07) is 1.86. The summed E-state index contributed by atoms with van der Waals surface area (Å²) in [4.78, 5) is 31.6. The molecule has 0 fully saturated rings. The van der Waals surface area contributed by atoms with E-state index in [0.717, 1.165) is 38.6 Å². The van der Waals surface area contributed by atoms with E-state index in [1.54, 1.807) is 13.0 Å². The average molecular weight is 406 g/mol. The van der Waals surface area contributed by atoms with Gasteiger partial charge in [-0.15, -0.1) is 11.3 Å². The molecule has 2 heterocycles. The average Bonchev–Trinajstić information content (AvgIpc) is 3.27. The SMILES string of the molecule is CCCCCN(C(=O)Cc1csc(NC(=O)c2ccoc2C)n1)C(C)CCC. The molecule has 0 radical (unpaired) electrons. The molecular weight excluding hydrogens is 374 g/mol. The lowest BCUT2D eigenvalue weighted by Crippen LogP contribution is -2.40. The van der Waals surface area contributed by atoms with Crippen LogP contribution >= 0.6 is 11.3 Å². The number of unbranched alkanes of at least 4 members (excludes halogenated alkanes) is 2. The predicted molar refractivity (Wildman–Crippen MR) is 113 cm³/mol. The highest BCUT2D eigenvalue weighted by Gasteiger charge is 2.21. The van der Waals surface area contributed by atoms with Crippen LogP contribution in [0.15, 0.2) is 22.1 Å². The fourth-order valence-electron chi connectivity index (χ4n) is 3.18. The maximum absolute atomic E-state index is 12.9. The van der Waals surface area contributed by atoms with E-state index >= 15 is 0 Å². The summed E-state index contributed by atoms with van der Waals surface area (Å²) in [5.41, 5.74) is 1.18. The summed E-state index contributed by atoms with van der Waals surface area (Å²) in [5, 5.41) is 5.11. The lowest BCUT2D eigenvalue weighted by atomic mass is 10.1. The number of aryl methyl sites for hydroxylation is 1. The number of hydrogen-bond donors (Lipinski definition) is 1. The Morgan fingerprint density at radius 2 is 2.07 bits per heavy atom. The van der Waals surface area contributed by atoms with E-state index in [1.165, 1.54) is 17.6 Å². The number of hydrogen-bond acceptors (Lipinski definition) is 5. The molecule has 7 heteroatoms. The molecule has 1 atom stereocenters. The van der Waals surface area contributed by atoms with Crippen molar-refractivity contribution in [1.82, 2.24) is 9.88 Å². The molecular formula is C21H31N3O3S. The molecule has 0 aliphatic heterocycles. The molecule has 154 valence electrons. The van der Waals surface area contributed by atoms with E-state index in [-0.39, 0.29) is 24.3 Å². The molecule has 0 aromatic carbocycles. The minimum absolute atomic E-state index is 0.103. The molecule has 2 aromatic rings. The number of rotatable bonds is 11. The summed E-state index contributed by atoms with van der Waals surface area (Å²) in [5.74, 6) is 0.416. The van der Waals surface area contributed by atoms with Crippen molar-refractivity contribution in [3.8, 4) is 0 Å². The minimum Gasteiger partial charge on any atom is -0.469 e. The highest BCUT2D eigenvalue weighted by atomic mass is 32.1. The van der Waals surface area contributed by atoms with Gasteiger partial charge < -0.3 is 9.32 Å². The molecule has 2 amide bonds. The second-order valence-electron chi connectivity index (χ2n) is 7.10. The third-order valence-electron chi connectivity index (χ3n) is 4.77. The van der Waals surface area contributed by atoms with Gasteiger partial charge in [0.15, 0.2) is 5.13 Å². The van der Waals surface area contributed by atoms with Crippen LogP contribution in [0.25, 0.3) is 0 Å². The number of anilines is 1. The van der Waals surface area contributed by atoms with Crippen molar-refractivity contribution in [2.45, 2.75) is 72.3 Å². The Kier molecular flexibility index (Phi) is 8.70. The maximum Gasteiger partial charge on any atom is 0.260 e. The standard InChI is InChI=1S/C21H31N3O3S/c1-5-7-8-11-24(15(3)9-6-2)19(25)13-17-14-28-21(22-17)23-20(26)18-10-12-27-16(18)4/h10,12,14-15H,5-9,11,13H2,1-4H3,(H,22,23,26). The third kappa shape index (κ3) is 6.19. The van der Waals surface area contributed by atoms with E-state index in [9.17, 15) is 9.59 Å². The first-order chi connectivity index (χ1) is 13.5. The Hall–Kier alpha value is -2.15. The van der Waals surface area contributed by atoms with Gasteiger partial charge in [0.1, 0.15) is 5.76 Å². The topological polar surface area (TPSA) is 75.4 Å². The summed E-state index contributed by atoms with van der Waals surface area (Å²) in [7, 11) is 0. The van der Waals surface area contributed by atoms with Gasteiger partial charge in [-0.05, 0) is 32.8 Å². The number of furan rings is 1. The van der Waals surface area contributed by atoms with E-state index < -0.39 is 0 Å². The molecule has 0 spiro atoms. The zero-order valence-corrected chi connectivity index (χ0v) is 18.1. The van der Waals surface area contributed by atoms with Crippen LogP contribution in [-0.2, 0) is 11.2 Å². The Balaban J connectivity index is 1.98. The van der Waals surface area contributed by atoms with Crippen LogP contribution in [0.3, 0.4) is 0 Å². The van der Waals surface area contributed by atoms with Gasteiger partial charge in [-0.25, -0.2) is 4.98 Å². The molecule has 0 aliphatic rings. The molecule has 2 rings (SSSR count). The first kappa shape index (κ1) is 22.1. The van der Waals surface area contributed by atoms with E-state index in [4.69, 9.17) is 4.42 Å². The van der Waals surface area contributed by atoms with Crippen LogP contribution in [0, 0.1) is 6.92 Å². The molecule has 0 saturated heterocycles. The van der Waals surface area contributed by atoms with E-state index in [0.29, 0.717) is 22.1 Å². The summed E-state index contributed by atoms with van der Waals surface area (Å²) >= 11 is 1.33. The molecule has 0 aliphatic carbocycles. The van der Waals surface area contributed by atoms with Crippen LogP contribution in [0.4, 0.5) is 5.13 Å². The molecule has 6 nitrogen and oxygen atoms in total. The second-order valence-corrected chi connectivity index (χ2v) is 7.96. The van der Waals surface area contributed by atoms with Gasteiger partial charge in [0.2, 0.25) is 5.91 Å². The molecule has 0 saturated carbocycles. The van der Waals surface area contributed by atoms with Gasteiger partial charge in [-0.1, -0.05) is 33.1 Å². The van der Waals surface area contributed by atoms with Crippen LogP contribution in [0.5, 0.6) is 0 Å². The van der Waals surface area contributed by atoms with Gasteiger partial charge >= 0.3 is 0 Å². The smallest absolute Gasteiger partial charge is 0.260 e. The first-order valence-electron chi connectivity index (χ1n) is 10.1. The lowest BCUT2D eigenvalue weighted by molar-refractivity contribution is -0.132. The van der Waals surface area contributed by atoms with Crippen molar-refractivity contribution >= 4 is 28.3 Å². The number of aromatic nitrogens is 1. The van der Waals surface area contributed by atoms with Crippen molar-refractivity contribution in [3.63, 3.8) is 0 Å². The van der Waals surface area contributed by atoms with Gasteiger partial charge in [0.25, 0.3) is 5.91 Å². The Labute approximate surface area is 171 Å². The van der Waals surface area contributed by atoms with Crippen LogP contribution < -0.4 is 5.32 Å². The van der Waals surface area contributed by atoms with Gasteiger partial charge in [0, 0.05) is 18.0 Å². The van der Waals surface area contributed by atoms with Crippen molar-refractivity contribution in [1.29, 1.82) is 0 Å². The van der Waals surface area contributed by atoms with Gasteiger partial charge in [-0.3, -0.25) is 14.9 Å². The number of amides is 2. The zero-order chi connectivity index (χ0) is 20.5. The normalized spacial score (nSPS) is 12.0. The predicted octanol–water partition coefficient (Wildman–Crippen LogP) is 5.05. The quantitative estimate of drug-likeness (QED) is 0.531. The van der Waals surface area contributed by atoms with Crippen molar-refractivity contribution in [2.75, 3.05) is 11.9 Å². The zero-order valence-electron chi connectivity index (χ0n) is 17.3. The van der Waals surface area contributed by atoms with Gasteiger partial charge in [-0.2, -0.15) is 0 Å². The minimum atomic E-state index is -0.253. The maximum atomic E-state index is 12.9. The lowest BCUT2D eigenvalue weighted by Gasteiger charge is -2.29. The van der Waals surface area contributed by atoms with Crippen LogP contribution in [0.1, 0.15) is 74.7 Å². The fourth-order valence-corrected chi connectivity index (χ4v) is 3.89. The summed E-state index contributed by atoms with van der Waals surface area (Å²) in [6.07, 6.45) is 7.09. The van der Waals surface area contributed by atoms with Crippen LogP contribution in [0.2, 0.25) is 0 Å². The molecule has 0 bridgehead atoms. The highest BCUT2D eigenvalue weighted by Crippen LogP contribution is 2.19. The molecule has 1 N–H and O–H groups in total. The van der Waals surface area contributed by atoms with Gasteiger partial charge in [0.05, 0.1) is 23.9 Å². The Morgan fingerprint density at radius 3 is 2.71 bits per heavy atom. The molecule has 1 unspecified atom stereocenters. The number of carbonyl (C=O) groups is 2. The summed E-state index contributed by atoms with van der Waals surface area (Å²) < 4.78 is 5.16. The third-order valence-corrected chi connectivity index (χ3v) is 5.58. The molecule has 28 heavy (non-hydrogen) atoms. The molecule has 2 aromatic heterocycles. The van der Waals surface area contributed by atoms with E-state index in [1.807, 2.05) is 10.3 Å². The monoisotopic (exact) mass is 405 g/mol. The number of nitrogens with zero attached hydrogens (tertiary/aromatic N) is 2.